The van der Waals surface area contributed by atoms with Crippen LogP contribution in [0.15, 0.2) is 30.6 Å². The second kappa shape index (κ2) is 7.58. The highest BCUT2D eigenvalue weighted by atomic mass is 16.3. The van der Waals surface area contributed by atoms with Crippen LogP contribution < -0.4 is 0 Å². The van der Waals surface area contributed by atoms with Gasteiger partial charge in [0.1, 0.15) is 0 Å². The molecule has 0 bridgehead atoms. The minimum atomic E-state index is -0.0728. The molecule has 138 valence electrons. The number of nitrogens with zero attached hydrogens (tertiary/aromatic N) is 4. The second-order valence-electron chi connectivity index (χ2n) is 7.29. The summed E-state index contributed by atoms with van der Waals surface area (Å²) in [7, 11) is 0. The molecular formula is C20H26N4O2. The normalized spacial score (nSPS) is 20.8. The number of likely N-dealkylation sites (tertiary alicyclic amines) is 1. The van der Waals surface area contributed by atoms with Gasteiger partial charge in [0.15, 0.2) is 0 Å². The van der Waals surface area contributed by atoms with Crippen LogP contribution in [0.2, 0.25) is 0 Å². The molecule has 26 heavy (non-hydrogen) atoms. The zero-order valence-electron chi connectivity index (χ0n) is 15.0. The molecule has 2 aromatic rings. The van der Waals surface area contributed by atoms with Gasteiger partial charge in [-0.3, -0.25) is 14.5 Å². The van der Waals surface area contributed by atoms with E-state index in [1.54, 1.807) is 12.4 Å². The Balaban J connectivity index is 1.42. The Bertz CT molecular complexity index is 765. The van der Waals surface area contributed by atoms with Crippen LogP contribution in [0.4, 0.5) is 0 Å². The van der Waals surface area contributed by atoms with Gasteiger partial charge in [0.05, 0.1) is 24.8 Å². The lowest BCUT2D eigenvalue weighted by molar-refractivity contribution is -0.134. The van der Waals surface area contributed by atoms with Gasteiger partial charge in [0.25, 0.3) is 0 Å². The second-order valence-corrected chi connectivity index (χ2v) is 7.29. The molecule has 6 heteroatoms. The summed E-state index contributed by atoms with van der Waals surface area (Å²) < 4.78 is 1.89. The fourth-order valence-electron chi connectivity index (χ4n) is 4.44. The highest BCUT2D eigenvalue weighted by molar-refractivity contribution is 5.84. The molecule has 0 radical (unpaired) electrons. The molecule has 1 fully saturated rings. The fraction of sp³-hybridized carbons (Fsp3) is 0.550. The molecule has 0 aromatic carbocycles. The van der Waals surface area contributed by atoms with Gasteiger partial charge in [0, 0.05) is 37.1 Å². The molecule has 1 aliphatic carbocycles. The largest absolute Gasteiger partial charge is 0.394 e. The molecular weight excluding hydrogens is 328 g/mol. The van der Waals surface area contributed by atoms with Crippen LogP contribution >= 0.6 is 0 Å². The summed E-state index contributed by atoms with van der Waals surface area (Å²) in [5.74, 6) is 0.577. The average molecular weight is 354 g/mol. The predicted octanol–water partition coefficient (Wildman–Crippen LogP) is 2.10. The van der Waals surface area contributed by atoms with Crippen LogP contribution in [0.1, 0.15) is 54.5 Å². The van der Waals surface area contributed by atoms with Crippen LogP contribution in [0, 0.1) is 0 Å². The van der Waals surface area contributed by atoms with Crippen molar-refractivity contribution in [2.45, 2.75) is 50.5 Å². The summed E-state index contributed by atoms with van der Waals surface area (Å²) in [6, 6.07) is 6.11. The van der Waals surface area contributed by atoms with Gasteiger partial charge in [-0.05, 0) is 49.8 Å². The highest BCUT2D eigenvalue weighted by Crippen LogP contribution is 2.34. The van der Waals surface area contributed by atoms with E-state index in [1.807, 2.05) is 21.7 Å². The molecule has 2 aliphatic rings. The van der Waals surface area contributed by atoms with E-state index in [1.165, 1.54) is 11.3 Å². The van der Waals surface area contributed by atoms with Gasteiger partial charge in [0.2, 0.25) is 5.91 Å². The molecule has 3 heterocycles. The van der Waals surface area contributed by atoms with Crippen LogP contribution in [0.25, 0.3) is 0 Å². The summed E-state index contributed by atoms with van der Waals surface area (Å²) in [5.41, 5.74) is 3.41. The highest BCUT2D eigenvalue weighted by Gasteiger charge is 2.33. The standard InChI is InChI=1S/C20H26N4O2/c25-14-13-24-18(6-10-22-24)15-7-11-23(12-8-15)20(26)17-5-1-3-16-4-2-9-21-19(16)17/h2,4,6,9-10,15,17,25H,1,3,5,7-8,11-14H2. The zero-order valence-corrected chi connectivity index (χ0v) is 15.0. The monoisotopic (exact) mass is 354 g/mol. The summed E-state index contributed by atoms with van der Waals surface area (Å²) in [4.78, 5) is 19.7. The lowest BCUT2D eigenvalue weighted by Crippen LogP contribution is -2.41. The lowest BCUT2D eigenvalue weighted by Gasteiger charge is -2.35. The molecule has 0 saturated carbocycles. The van der Waals surface area contributed by atoms with Gasteiger partial charge in [-0.25, -0.2) is 0 Å². The minimum absolute atomic E-state index is 0.0728. The van der Waals surface area contributed by atoms with E-state index in [4.69, 9.17) is 0 Å². The smallest absolute Gasteiger partial charge is 0.231 e. The van der Waals surface area contributed by atoms with E-state index in [0.29, 0.717) is 12.5 Å². The Morgan fingerprint density at radius 3 is 2.85 bits per heavy atom. The number of aryl methyl sites for hydroxylation is 1. The number of carbonyl (C=O) groups is 1. The number of carbonyl (C=O) groups excluding carboxylic acids is 1. The SMILES string of the molecule is O=C(C1CCCc2cccnc21)N1CCC(c2ccnn2CCO)CC1. The van der Waals surface area contributed by atoms with Gasteiger partial charge in [-0.15, -0.1) is 0 Å². The Hall–Kier alpha value is -2.21. The molecule has 1 amide bonds. The first-order chi connectivity index (χ1) is 12.8. The first-order valence-corrected chi connectivity index (χ1v) is 9.63. The number of pyridine rings is 1. The number of aromatic nitrogens is 3. The maximum atomic E-state index is 13.1. The van der Waals surface area contributed by atoms with E-state index in [2.05, 4.69) is 16.1 Å². The van der Waals surface area contributed by atoms with Crippen molar-refractivity contribution in [1.29, 1.82) is 0 Å². The number of aliphatic hydroxyl groups is 1. The van der Waals surface area contributed by atoms with Crippen molar-refractivity contribution in [1.82, 2.24) is 19.7 Å². The molecule has 4 rings (SSSR count). The van der Waals surface area contributed by atoms with Crippen LogP contribution in [0.3, 0.4) is 0 Å². The molecule has 6 nitrogen and oxygen atoms in total. The lowest BCUT2D eigenvalue weighted by atomic mass is 9.85. The third kappa shape index (κ3) is 3.26. The zero-order chi connectivity index (χ0) is 17.9. The number of fused-ring (bicyclic) bond motifs is 1. The maximum absolute atomic E-state index is 13.1. The van der Waals surface area contributed by atoms with Crippen LogP contribution in [-0.2, 0) is 17.8 Å². The topological polar surface area (TPSA) is 71.2 Å². The van der Waals surface area contributed by atoms with Crippen LogP contribution in [0.5, 0.6) is 0 Å². The number of rotatable bonds is 4. The van der Waals surface area contributed by atoms with Gasteiger partial charge in [-0.2, -0.15) is 5.10 Å². The Morgan fingerprint density at radius 2 is 2.04 bits per heavy atom. The summed E-state index contributed by atoms with van der Waals surface area (Å²) in [6.07, 6.45) is 8.50. The van der Waals surface area contributed by atoms with Crippen molar-refractivity contribution in [3.05, 3.63) is 47.5 Å². The van der Waals surface area contributed by atoms with E-state index >= 15 is 0 Å². The van der Waals surface area contributed by atoms with Gasteiger partial charge >= 0.3 is 0 Å². The van der Waals surface area contributed by atoms with Gasteiger partial charge in [-0.1, -0.05) is 6.07 Å². The molecule has 0 spiro atoms. The Morgan fingerprint density at radius 1 is 1.19 bits per heavy atom. The number of amides is 1. The van der Waals surface area contributed by atoms with E-state index in [0.717, 1.165) is 50.9 Å². The molecule has 2 aromatic heterocycles. The third-order valence-electron chi connectivity index (χ3n) is 5.78. The number of hydrogen-bond donors (Lipinski definition) is 1. The van der Waals surface area contributed by atoms with E-state index < -0.39 is 0 Å². The van der Waals surface area contributed by atoms with Crippen molar-refractivity contribution in [3.63, 3.8) is 0 Å². The van der Waals surface area contributed by atoms with Crippen molar-refractivity contribution in [2.75, 3.05) is 19.7 Å². The Labute approximate surface area is 153 Å². The molecule has 1 N–H and O–H groups in total. The number of aliphatic hydroxyl groups excluding tert-OH is 1. The molecule has 1 unspecified atom stereocenters. The van der Waals surface area contributed by atoms with Crippen molar-refractivity contribution in [2.24, 2.45) is 0 Å². The number of hydrogen-bond acceptors (Lipinski definition) is 4. The molecule has 1 atom stereocenters. The quantitative estimate of drug-likeness (QED) is 0.913. The summed E-state index contributed by atoms with van der Waals surface area (Å²) in [5, 5.41) is 13.5. The minimum Gasteiger partial charge on any atom is -0.394 e. The first-order valence-electron chi connectivity index (χ1n) is 9.63. The van der Waals surface area contributed by atoms with Crippen LogP contribution in [-0.4, -0.2) is 50.4 Å². The van der Waals surface area contributed by atoms with Crippen molar-refractivity contribution < 1.29 is 9.90 Å². The molecule has 1 saturated heterocycles. The fourth-order valence-corrected chi connectivity index (χ4v) is 4.44. The summed E-state index contributed by atoms with van der Waals surface area (Å²) in [6.45, 7) is 2.20. The number of piperidine rings is 1. The summed E-state index contributed by atoms with van der Waals surface area (Å²) >= 11 is 0. The Kier molecular flexibility index (Phi) is 5.02. The molecule has 1 aliphatic heterocycles. The van der Waals surface area contributed by atoms with Gasteiger partial charge < -0.3 is 10.0 Å². The first kappa shape index (κ1) is 17.2. The predicted molar refractivity (Wildman–Crippen MR) is 97.8 cm³/mol. The van der Waals surface area contributed by atoms with Crippen molar-refractivity contribution >= 4 is 5.91 Å². The van der Waals surface area contributed by atoms with E-state index in [9.17, 15) is 9.90 Å². The van der Waals surface area contributed by atoms with E-state index in [-0.39, 0.29) is 18.4 Å². The maximum Gasteiger partial charge on any atom is 0.231 e. The average Bonchev–Trinajstić information content (AvgIpc) is 3.16. The third-order valence-corrected chi connectivity index (χ3v) is 5.78. The van der Waals surface area contributed by atoms with Crippen molar-refractivity contribution in [3.8, 4) is 0 Å².